The van der Waals surface area contributed by atoms with Gasteiger partial charge in [0.1, 0.15) is 5.01 Å². The molecule has 1 saturated heterocycles. The molecule has 0 saturated carbocycles. The second-order valence-electron chi connectivity index (χ2n) is 7.33. The van der Waals surface area contributed by atoms with Crippen LogP contribution in [0.4, 0.5) is 11.4 Å². The first-order chi connectivity index (χ1) is 14.5. The minimum absolute atomic E-state index is 0.115. The van der Waals surface area contributed by atoms with Crippen LogP contribution in [0.3, 0.4) is 0 Å². The number of nitrogens with zero attached hydrogens (tertiary/aromatic N) is 3. The third kappa shape index (κ3) is 5.13. The van der Waals surface area contributed by atoms with Gasteiger partial charge in [0.15, 0.2) is 0 Å². The summed E-state index contributed by atoms with van der Waals surface area (Å²) in [6, 6.07) is 13.2. The van der Waals surface area contributed by atoms with Crippen molar-refractivity contribution >= 4 is 51.8 Å². The normalized spacial score (nSPS) is 14.7. The van der Waals surface area contributed by atoms with Gasteiger partial charge in [0, 0.05) is 47.2 Å². The van der Waals surface area contributed by atoms with Crippen molar-refractivity contribution in [1.82, 2.24) is 9.88 Å². The number of rotatable bonds is 5. The molecule has 0 spiro atoms. The van der Waals surface area contributed by atoms with E-state index in [9.17, 15) is 4.79 Å². The minimum Gasteiger partial charge on any atom is -0.367 e. The van der Waals surface area contributed by atoms with Crippen molar-refractivity contribution in [3.63, 3.8) is 0 Å². The zero-order chi connectivity index (χ0) is 21.1. The molecule has 1 N–H and O–H groups in total. The van der Waals surface area contributed by atoms with E-state index in [-0.39, 0.29) is 12.3 Å². The number of hydrogen-bond donors (Lipinski definition) is 1. The van der Waals surface area contributed by atoms with E-state index in [1.54, 1.807) is 0 Å². The number of carbonyl (C=O) groups excluding carboxylic acids is 1. The third-order valence-electron chi connectivity index (χ3n) is 5.04. The van der Waals surface area contributed by atoms with Crippen molar-refractivity contribution in [2.24, 2.45) is 0 Å². The van der Waals surface area contributed by atoms with Gasteiger partial charge in [-0.1, -0.05) is 35.3 Å². The van der Waals surface area contributed by atoms with Crippen LogP contribution in [0.5, 0.6) is 0 Å². The van der Waals surface area contributed by atoms with Gasteiger partial charge in [-0.3, -0.25) is 4.79 Å². The fourth-order valence-electron chi connectivity index (χ4n) is 3.43. The summed E-state index contributed by atoms with van der Waals surface area (Å²) >= 11 is 13.8. The number of amides is 1. The molecule has 1 aliphatic rings. The van der Waals surface area contributed by atoms with Gasteiger partial charge in [-0.05, 0) is 37.4 Å². The highest BCUT2D eigenvalue weighted by atomic mass is 35.5. The number of anilines is 2. The summed E-state index contributed by atoms with van der Waals surface area (Å²) in [5, 5.41) is 7.05. The van der Waals surface area contributed by atoms with Gasteiger partial charge in [-0.25, -0.2) is 4.98 Å². The highest BCUT2D eigenvalue weighted by molar-refractivity contribution is 7.13. The van der Waals surface area contributed by atoms with E-state index in [1.165, 1.54) is 11.3 Å². The van der Waals surface area contributed by atoms with E-state index < -0.39 is 0 Å². The SMILES string of the molecule is CN1CCN(c2ccc(Cl)cc2NC(=O)Cc2csc(-c3cccc(Cl)c3)n2)CC1. The van der Waals surface area contributed by atoms with Crippen molar-refractivity contribution in [3.05, 3.63) is 63.6 Å². The van der Waals surface area contributed by atoms with E-state index in [1.807, 2.05) is 47.8 Å². The highest BCUT2D eigenvalue weighted by Crippen LogP contribution is 2.31. The average molecular weight is 461 g/mol. The van der Waals surface area contributed by atoms with Crippen LogP contribution in [-0.2, 0) is 11.2 Å². The molecule has 4 rings (SSSR count). The van der Waals surface area contributed by atoms with Crippen molar-refractivity contribution in [1.29, 1.82) is 0 Å². The fourth-order valence-corrected chi connectivity index (χ4v) is 4.61. The maximum absolute atomic E-state index is 12.7. The van der Waals surface area contributed by atoms with E-state index >= 15 is 0 Å². The minimum atomic E-state index is -0.115. The molecular weight excluding hydrogens is 439 g/mol. The van der Waals surface area contributed by atoms with Crippen LogP contribution in [0.2, 0.25) is 10.0 Å². The molecule has 5 nitrogen and oxygen atoms in total. The van der Waals surface area contributed by atoms with Crippen molar-refractivity contribution < 1.29 is 4.79 Å². The Morgan fingerprint density at radius 3 is 2.63 bits per heavy atom. The molecule has 0 atom stereocenters. The number of carbonyl (C=O) groups is 1. The average Bonchev–Trinajstić information content (AvgIpc) is 3.17. The van der Waals surface area contributed by atoms with E-state index in [2.05, 4.69) is 27.1 Å². The van der Waals surface area contributed by atoms with Gasteiger partial charge < -0.3 is 15.1 Å². The lowest BCUT2D eigenvalue weighted by atomic mass is 10.2. The van der Waals surface area contributed by atoms with Crippen LogP contribution >= 0.6 is 34.5 Å². The number of likely N-dealkylation sites (N-methyl/N-ethyl adjacent to an activating group) is 1. The van der Waals surface area contributed by atoms with Crippen LogP contribution < -0.4 is 10.2 Å². The molecule has 1 fully saturated rings. The Hall–Kier alpha value is -2.12. The second kappa shape index (κ2) is 9.35. The zero-order valence-electron chi connectivity index (χ0n) is 16.6. The molecule has 156 valence electrons. The molecule has 1 amide bonds. The number of nitrogens with one attached hydrogen (secondary N) is 1. The number of halogens is 2. The molecule has 30 heavy (non-hydrogen) atoms. The van der Waals surface area contributed by atoms with E-state index in [0.29, 0.717) is 10.0 Å². The Kier molecular flexibility index (Phi) is 6.58. The first kappa shape index (κ1) is 21.1. The zero-order valence-corrected chi connectivity index (χ0v) is 18.9. The summed E-state index contributed by atoms with van der Waals surface area (Å²) in [6.07, 6.45) is 0.200. The number of aromatic nitrogens is 1. The maximum atomic E-state index is 12.7. The molecule has 3 aromatic rings. The van der Waals surface area contributed by atoms with Crippen LogP contribution in [0, 0.1) is 0 Å². The Bertz CT molecular complexity index is 1050. The number of thiazole rings is 1. The van der Waals surface area contributed by atoms with Crippen molar-refractivity contribution in [2.45, 2.75) is 6.42 Å². The lowest BCUT2D eigenvalue weighted by Gasteiger charge is -2.35. The molecule has 0 aliphatic carbocycles. The lowest BCUT2D eigenvalue weighted by molar-refractivity contribution is -0.115. The first-order valence-corrected chi connectivity index (χ1v) is 11.3. The summed E-state index contributed by atoms with van der Waals surface area (Å²) < 4.78 is 0. The third-order valence-corrected chi connectivity index (χ3v) is 6.45. The monoisotopic (exact) mass is 460 g/mol. The van der Waals surface area contributed by atoms with Gasteiger partial charge in [0.05, 0.1) is 23.5 Å². The van der Waals surface area contributed by atoms with Crippen LogP contribution in [-0.4, -0.2) is 49.0 Å². The molecular formula is C22H22Cl2N4OS. The smallest absolute Gasteiger partial charge is 0.230 e. The molecule has 1 aromatic heterocycles. The molecule has 2 aromatic carbocycles. The molecule has 0 bridgehead atoms. The van der Waals surface area contributed by atoms with Gasteiger partial charge in [-0.2, -0.15) is 0 Å². The summed E-state index contributed by atoms with van der Waals surface area (Å²) in [4.78, 5) is 21.9. The highest BCUT2D eigenvalue weighted by Gasteiger charge is 2.19. The number of piperazine rings is 1. The fraction of sp³-hybridized carbons (Fsp3) is 0.273. The van der Waals surface area contributed by atoms with Gasteiger partial charge in [-0.15, -0.1) is 11.3 Å². The van der Waals surface area contributed by atoms with Crippen molar-refractivity contribution in [3.8, 4) is 10.6 Å². The number of hydrogen-bond acceptors (Lipinski definition) is 5. The number of benzene rings is 2. The van der Waals surface area contributed by atoms with Crippen LogP contribution in [0.25, 0.3) is 10.6 Å². The standard InChI is InChI=1S/C22H22Cl2N4OS/c1-27-7-9-28(10-8-27)20-6-5-17(24)12-19(20)26-21(29)13-18-14-30-22(25-18)15-3-2-4-16(23)11-15/h2-6,11-12,14H,7-10,13H2,1H3,(H,26,29). The molecule has 8 heteroatoms. The summed E-state index contributed by atoms with van der Waals surface area (Å²) in [5.41, 5.74) is 3.42. The van der Waals surface area contributed by atoms with Gasteiger partial charge in [0.2, 0.25) is 5.91 Å². The first-order valence-electron chi connectivity index (χ1n) is 9.71. The quantitative estimate of drug-likeness (QED) is 0.578. The van der Waals surface area contributed by atoms with Crippen LogP contribution in [0.1, 0.15) is 5.69 Å². The topological polar surface area (TPSA) is 48.5 Å². The van der Waals surface area contributed by atoms with E-state index in [0.717, 1.165) is 53.8 Å². The summed E-state index contributed by atoms with van der Waals surface area (Å²) in [7, 11) is 2.12. The Morgan fingerprint density at radius 2 is 1.87 bits per heavy atom. The second-order valence-corrected chi connectivity index (χ2v) is 9.06. The van der Waals surface area contributed by atoms with Gasteiger partial charge in [0.25, 0.3) is 0 Å². The Balaban J connectivity index is 1.46. The molecule has 0 radical (unpaired) electrons. The summed E-state index contributed by atoms with van der Waals surface area (Å²) in [5.74, 6) is -0.115. The van der Waals surface area contributed by atoms with Crippen LogP contribution in [0.15, 0.2) is 47.8 Å². The van der Waals surface area contributed by atoms with Gasteiger partial charge >= 0.3 is 0 Å². The molecule has 1 aliphatic heterocycles. The maximum Gasteiger partial charge on any atom is 0.230 e. The summed E-state index contributed by atoms with van der Waals surface area (Å²) in [6.45, 7) is 3.80. The predicted molar refractivity (Wildman–Crippen MR) is 126 cm³/mol. The van der Waals surface area contributed by atoms with E-state index in [4.69, 9.17) is 23.2 Å². The Morgan fingerprint density at radius 1 is 1.10 bits per heavy atom. The largest absolute Gasteiger partial charge is 0.367 e. The molecule has 0 unspecified atom stereocenters. The van der Waals surface area contributed by atoms with Crippen molar-refractivity contribution in [2.75, 3.05) is 43.4 Å². The Labute approximate surface area is 190 Å². The lowest BCUT2D eigenvalue weighted by Crippen LogP contribution is -2.44. The molecule has 2 heterocycles. The predicted octanol–water partition coefficient (Wildman–Crippen LogP) is 5.05.